The van der Waals surface area contributed by atoms with Gasteiger partial charge in [-0.3, -0.25) is 10.4 Å². The minimum absolute atomic E-state index is 0.158. The second kappa shape index (κ2) is 7.64. The second-order valence-corrected chi connectivity index (χ2v) is 8.04. The van der Waals surface area contributed by atoms with E-state index in [4.69, 9.17) is 9.73 Å². The van der Waals surface area contributed by atoms with Crippen LogP contribution in [0.25, 0.3) is 0 Å². The van der Waals surface area contributed by atoms with E-state index in [9.17, 15) is 4.79 Å². The summed E-state index contributed by atoms with van der Waals surface area (Å²) in [6.07, 6.45) is 6.22. The zero-order chi connectivity index (χ0) is 18.0. The lowest BCUT2D eigenvalue weighted by Gasteiger charge is -2.24. The lowest BCUT2D eigenvalue weighted by Crippen LogP contribution is -2.32. The largest absolute Gasteiger partial charge is 0.465 e. The van der Waals surface area contributed by atoms with Gasteiger partial charge >= 0.3 is 5.97 Å². The Balaban J connectivity index is 1.82. The van der Waals surface area contributed by atoms with E-state index in [0.29, 0.717) is 11.6 Å². The van der Waals surface area contributed by atoms with Crippen molar-refractivity contribution in [3.05, 3.63) is 22.5 Å². The average Bonchev–Trinajstić information content (AvgIpc) is 2.90. The number of hydrogen-bond acceptors (Lipinski definition) is 5. The Morgan fingerprint density at radius 3 is 2.64 bits per heavy atom. The first-order valence-electron chi connectivity index (χ1n) is 8.87. The van der Waals surface area contributed by atoms with E-state index in [2.05, 4.69) is 22.4 Å². The molecule has 1 fully saturated rings. The van der Waals surface area contributed by atoms with Crippen LogP contribution >= 0.6 is 11.8 Å². The molecule has 0 bridgehead atoms. The highest BCUT2D eigenvalue weighted by Crippen LogP contribution is 2.28. The summed E-state index contributed by atoms with van der Waals surface area (Å²) in [6, 6.07) is 0.424. The molecule has 25 heavy (non-hydrogen) atoms. The van der Waals surface area contributed by atoms with Crippen LogP contribution in [0.15, 0.2) is 10.1 Å². The van der Waals surface area contributed by atoms with Crippen LogP contribution in [0.2, 0.25) is 0 Å². The monoisotopic (exact) mass is 362 g/mol. The van der Waals surface area contributed by atoms with Gasteiger partial charge in [-0.25, -0.2) is 4.79 Å². The average molecular weight is 362 g/mol. The van der Waals surface area contributed by atoms with Crippen LogP contribution < -0.4 is 5.43 Å². The van der Waals surface area contributed by atoms with Crippen LogP contribution in [0.4, 0.5) is 0 Å². The molecule has 0 unspecified atom stereocenters. The predicted octanol–water partition coefficient (Wildman–Crippen LogP) is 3.54. The number of thioether (sulfide) groups is 1. The number of aliphatic imine (C=N–C) groups is 1. The lowest BCUT2D eigenvalue weighted by molar-refractivity contribution is 0.0599. The first-order chi connectivity index (χ1) is 12.0. The number of amidine groups is 1. The van der Waals surface area contributed by atoms with Gasteiger partial charge in [0.1, 0.15) is 0 Å². The normalized spacial score (nSPS) is 23.3. The molecule has 1 saturated carbocycles. The van der Waals surface area contributed by atoms with Gasteiger partial charge in [-0.1, -0.05) is 31.0 Å². The molecule has 3 rings (SSSR count). The molecule has 136 valence electrons. The summed E-state index contributed by atoms with van der Waals surface area (Å²) in [7, 11) is 1.40. The maximum Gasteiger partial charge on any atom is 0.339 e. The van der Waals surface area contributed by atoms with E-state index in [0.717, 1.165) is 27.8 Å². The zero-order valence-electron chi connectivity index (χ0n) is 15.3. The molecule has 1 aliphatic carbocycles. The topological polar surface area (TPSA) is 78.8 Å². The van der Waals surface area contributed by atoms with Crippen molar-refractivity contribution >= 4 is 28.6 Å². The third-order valence-electron chi connectivity index (χ3n) is 4.90. The molecule has 0 aromatic carbocycles. The standard InChI is InChI=1S/C18H26N4O2S/c1-10-14(17(23)24-4)11(2)19-15(10)16-12(3)25-18(22-21-16)20-13-8-6-5-7-9-13/h12-13,19H,5-9H2,1-4H3,(H,20,22)/t12-/m1/s1. The number of hydrogen-bond donors (Lipinski definition) is 2. The van der Waals surface area contributed by atoms with Crippen molar-refractivity contribution in [3.63, 3.8) is 0 Å². The molecule has 0 saturated heterocycles. The Morgan fingerprint density at radius 1 is 1.28 bits per heavy atom. The molecule has 1 aromatic rings. The maximum absolute atomic E-state index is 12.0. The number of ether oxygens (including phenoxy) is 1. The number of methoxy groups -OCH3 is 1. The van der Waals surface area contributed by atoms with Gasteiger partial charge in [-0.05, 0) is 39.2 Å². The van der Waals surface area contributed by atoms with Gasteiger partial charge in [-0.2, -0.15) is 5.10 Å². The summed E-state index contributed by atoms with van der Waals surface area (Å²) in [6.45, 7) is 5.93. The fourth-order valence-electron chi connectivity index (χ4n) is 3.56. The van der Waals surface area contributed by atoms with Crippen LogP contribution in [-0.2, 0) is 4.74 Å². The highest BCUT2D eigenvalue weighted by atomic mass is 32.2. The minimum atomic E-state index is -0.318. The molecule has 2 N–H and O–H groups in total. The number of nitrogens with one attached hydrogen (secondary N) is 2. The van der Waals surface area contributed by atoms with Crippen molar-refractivity contribution in [2.75, 3.05) is 7.11 Å². The quantitative estimate of drug-likeness (QED) is 0.806. The summed E-state index contributed by atoms with van der Waals surface area (Å²) in [5, 5.41) is 5.62. The number of carbonyl (C=O) groups is 1. The molecular formula is C18H26N4O2S. The van der Waals surface area contributed by atoms with Gasteiger partial charge < -0.3 is 9.72 Å². The Morgan fingerprint density at radius 2 is 2.00 bits per heavy atom. The van der Waals surface area contributed by atoms with E-state index >= 15 is 0 Å². The van der Waals surface area contributed by atoms with Crippen molar-refractivity contribution in [2.45, 2.75) is 64.2 Å². The number of aromatic nitrogens is 1. The molecule has 2 heterocycles. The van der Waals surface area contributed by atoms with Crippen LogP contribution in [0.3, 0.4) is 0 Å². The van der Waals surface area contributed by atoms with Crippen molar-refractivity contribution in [1.82, 2.24) is 10.4 Å². The fourth-order valence-corrected chi connectivity index (χ4v) is 4.48. The number of nitrogens with zero attached hydrogens (tertiary/aromatic N) is 2. The van der Waals surface area contributed by atoms with Crippen LogP contribution in [-0.4, -0.2) is 40.2 Å². The number of rotatable bonds is 3. The molecule has 1 aromatic heterocycles. The molecule has 0 spiro atoms. The molecule has 1 aliphatic heterocycles. The molecule has 6 nitrogen and oxygen atoms in total. The third-order valence-corrected chi connectivity index (χ3v) is 5.90. The first kappa shape index (κ1) is 18.0. The molecule has 0 radical (unpaired) electrons. The first-order valence-corrected chi connectivity index (χ1v) is 9.75. The molecule has 2 aliphatic rings. The van der Waals surface area contributed by atoms with Gasteiger partial charge in [0, 0.05) is 5.69 Å². The van der Waals surface area contributed by atoms with Gasteiger partial charge in [0.2, 0.25) is 0 Å². The van der Waals surface area contributed by atoms with E-state index in [-0.39, 0.29) is 11.2 Å². The Labute approximate surface area is 152 Å². The molecule has 7 heteroatoms. The molecule has 0 amide bonds. The van der Waals surface area contributed by atoms with Crippen LogP contribution in [0.5, 0.6) is 0 Å². The van der Waals surface area contributed by atoms with Crippen molar-refractivity contribution in [2.24, 2.45) is 10.1 Å². The third kappa shape index (κ3) is 3.76. The van der Waals surface area contributed by atoms with E-state index in [1.165, 1.54) is 39.2 Å². The fraction of sp³-hybridized carbons (Fsp3) is 0.611. The highest BCUT2D eigenvalue weighted by molar-refractivity contribution is 8.15. The predicted molar refractivity (Wildman–Crippen MR) is 103 cm³/mol. The van der Waals surface area contributed by atoms with Crippen molar-refractivity contribution in [3.8, 4) is 0 Å². The Hall–Kier alpha value is -1.76. The Kier molecular flexibility index (Phi) is 5.51. The number of aromatic amines is 1. The van der Waals surface area contributed by atoms with E-state index < -0.39 is 0 Å². The number of carbonyl (C=O) groups excluding carboxylic acids is 1. The van der Waals surface area contributed by atoms with Gasteiger partial charge in [0.05, 0.1) is 35.4 Å². The molecular weight excluding hydrogens is 336 g/mol. The van der Waals surface area contributed by atoms with Crippen LogP contribution in [0, 0.1) is 13.8 Å². The summed E-state index contributed by atoms with van der Waals surface area (Å²) < 4.78 is 4.89. The number of esters is 1. The van der Waals surface area contributed by atoms with Crippen molar-refractivity contribution < 1.29 is 9.53 Å². The maximum atomic E-state index is 12.0. The second-order valence-electron chi connectivity index (χ2n) is 6.71. The Bertz CT molecular complexity index is 717. The highest BCUT2D eigenvalue weighted by Gasteiger charge is 2.28. The number of hydrazone groups is 1. The van der Waals surface area contributed by atoms with Gasteiger partial charge in [-0.15, -0.1) is 0 Å². The lowest BCUT2D eigenvalue weighted by atomic mass is 9.96. The minimum Gasteiger partial charge on any atom is -0.465 e. The summed E-state index contributed by atoms with van der Waals surface area (Å²) >= 11 is 1.69. The summed E-state index contributed by atoms with van der Waals surface area (Å²) in [4.78, 5) is 20.1. The van der Waals surface area contributed by atoms with Gasteiger partial charge in [0.25, 0.3) is 0 Å². The SMILES string of the molecule is COC(=O)c1c(C)[nH]c(C2=NNC(=NC3CCCCC3)S[C@@H]2C)c1C. The zero-order valence-corrected chi connectivity index (χ0v) is 16.1. The summed E-state index contributed by atoms with van der Waals surface area (Å²) in [5.74, 6) is -0.318. The smallest absolute Gasteiger partial charge is 0.339 e. The van der Waals surface area contributed by atoms with Crippen molar-refractivity contribution in [1.29, 1.82) is 0 Å². The van der Waals surface area contributed by atoms with E-state index in [1.807, 2.05) is 13.8 Å². The van der Waals surface area contributed by atoms with E-state index in [1.54, 1.807) is 11.8 Å². The summed E-state index contributed by atoms with van der Waals surface area (Å²) in [5.41, 5.74) is 7.19. The van der Waals surface area contributed by atoms with Crippen LogP contribution in [0.1, 0.15) is 66.3 Å². The van der Waals surface area contributed by atoms with Gasteiger partial charge in [0.15, 0.2) is 5.17 Å². The molecule has 1 atom stereocenters. The number of aryl methyl sites for hydroxylation is 1. The number of H-pyrrole nitrogens is 1.